The number of nitrogen functional groups attached to an aromatic ring is 1. The Kier molecular flexibility index (Phi) is 4.31. The molecule has 1 atom stereocenters. The fourth-order valence-electron chi connectivity index (χ4n) is 3.24. The molecule has 2 heterocycles. The molecule has 1 aromatic heterocycles. The molecule has 0 bridgehead atoms. The molecular weight excluding hydrogens is 443 g/mol. The molecule has 1 aliphatic heterocycles. The average Bonchev–Trinajstić information content (AvgIpc) is 2.99. The number of nitrogens with two attached hydrogens (primary N) is 1. The first-order valence-electron chi connectivity index (χ1n) is 8.14. The highest BCUT2D eigenvalue weighted by atomic mass is 127. The van der Waals surface area contributed by atoms with Crippen molar-refractivity contribution in [2.24, 2.45) is 4.99 Å². The van der Waals surface area contributed by atoms with E-state index in [2.05, 4.69) is 32.6 Å². The molecule has 4 rings (SSSR count). The van der Waals surface area contributed by atoms with Gasteiger partial charge in [0, 0.05) is 0 Å². The van der Waals surface area contributed by atoms with Crippen molar-refractivity contribution in [2.45, 2.75) is 13.0 Å². The van der Waals surface area contributed by atoms with Crippen LogP contribution in [0, 0.1) is 0 Å². The highest BCUT2D eigenvalue weighted by molar-refractivity contribution is 14.1. The quantitative estimate of drug-likeness (QED) is 0.478. The minimum absolute atomic E-state index is 0.275. The summed E-state index contributed by atoms with van der Waals surface area (Å²) in [6.07, 6.45) is 1.46. The van der Waals surface area contributed by atoms with Crippen LogP contribution in [0.5, 0.6) is 0 Å². The molecule has 1 aliphatic rings. The molecule has 6 nitrogen and oxygen atoms in total. The second kappa shape index (κ2) is 6.64. The number of aromatic nitrogens is 2. The van der Waals surface area contributed by atoms with Gasteiger partial charge in [0.25, 0.3) is 0 Å². The lowest BCUT2D eigenvalue weighted by Crippen LogP contribution is -2.08. The Hall–Kier alpha value is -2.55. The predicted molar refractivity (Wildman–Crippen MR) is 109 cm³/mol. The average molecular weight is 458 g/mol. The first-order valence-corrected chi connectivity index (χ1v) is 9.22. The van der Waals surface area contributed by atoms with Gasteiger partial charge >= 0.3 is 5.97 Å². The molecule has 7 heteroatoms. The topological polar surface area (TPSA) is 90.5 Å². The van der Waals surface area contributed by atoms with Gasteiger partial charge in [-0.05, 0) is 51.9 Å². The lowest BCUT2D eigenvalue weighted by molar-refractivity contribution is 0.0528. The largest absolute Gasteiger partial charge is 0.462 e. The van der Waals surface area contributed by atoms with Crippen LogP contribution < -0.4 is 5.73 Å². The first kappa shape index (κ1) is 16.9. The number of aliphatic imine (C=N–C) groups is 1. The van der Waals surface area contributed by atoms with Crippen molar-refractivity contribution in [3.8, 4) is 0 Å². The van der Waals surface area contributed by atoms with E-state index in [9.17, 15) is 4.79 Å². The molecule has 26 heavy (non-hydrogen) atoms. The van der Waals surface area contributed by atoms with Gasteiger partial charge in [-0.3, -0.25) is 4.99 Å². The number of esters is 1. The lowest BCUT2D eigenvalue weighted by atomic mass is 9.94. The monoisotopic (exact) mass is 458 g/mol. The zero-order chi connectivity index (χ0) is 18.3. The van der Waals surface area contributed by atoms with Gasteiger partial charge in [0.05, 0.1) is 23.4 Å². The number of benzene rings is 2. The molecule has 0 amide bonds. The molecule has 0 saturated heterocycles. The van der Waals surface area contributed by atoms with Crippen LogP contribution in [0.3, 0.4) is 0 Å². The molecule has 0 aliphatic carbocycles. The molecule has 2 aromatic carbocycles. The summed E-state index contributed by atoms with van der Waals surface area (Å²) in [4.78, 5) is 25.5. The number of carbonyl (C=O) groups excluding carboxylic acids is 1. The summed E-state index contributed by atoms with van der Waals surface area (Å²) in [5, 5.41) is 1.78. The lowest BCUT2D eigenvalue weighted by Gasteiger charge is -2.14. The van der Waals surface area contributed by atoms with E-state index in [0.29, 0.717) is 18.0 Å². The summed E-state index contributed by atoms with van der Waals surface area (Å²) in [6.45, 7) is 2.13. The van der Waals surface area contributed by atoms with Crippen LogP contribution in [0.25, 0.3) is 10.8 Å². The number of fused-ring (bicyclic) bond motifs is 2. The number of ether oxygens (including phenoxy) is 1. The minimum Gasteiger partial charge on any atom is -0.462 e. The number of anilines is 1. The number of hydrogen-bond acceptors (Lipinski definition) is 6. The van der Waals surface area contributed by atoms with Crippen molar-refractivity contribution in [1.29, 1.82) is 0 Å². The minimum atomic E-state index is -0.327. The van der Waals surface area contributed by atoms with E-state index < -0.39 is 0 Å². The van der Waals surface area contributed by atoms with Crippen molar-refractivity contribution in [2.75, 3.05) is 12.3 Å². The Morgan fingerprint density at radius 2 is 1.96 bits per heavy atom. The maximum Gasteiger partial charge on any atom is 0.338 e. The molecule has 130 valence electrons. The van der Waals surface area contributed by atoms with Crippen LogP contribution in [0.15, 0.2) is 47.7 Å². The Morgan fingerprint density at radius 1 is 1.19 bits per heavy atom. The van der Waals surface area contributed by atoms with Gasteiger partial charge < -0.3 is 10.5 Å². The third kappa shape index (κ3) is 2.63. The van der Waals surface area contributed by atoms with Gasteiger partial charge in [-0.15, -0.1) is 0 Å². The summed E-state index contributed by atoms with van der Waals surface area (Å²) in [5.74, 6) is 0.102. The molecule has 0 radical (unpaired) electrons. The van der Waals surface area contributed by atoms with Crippen LogP contribution in [0.4, 0.5) is 5.82 Å². The van der Waals surface area contributed by atoms with Gasteiger partial charge in [0.2, 0.25) is 0 Å². The zero-order valence-corrected chi connectivity index (χ0v) is 16.1. The van der Waals surface area contributed by atoms with E-state index in [-0.39, 0.29) is 12.0 Å². The van der Waals surface area contributed by atoms with E-state index in [1.807, 2.05) is 30.3 Å². The van der Waals surface area contributed by atoms with E-state index in [1.54, 1.807) is 13.0 Å². The smallest absolute Gasteiger partial charge is 0.338 e. The molecular formula is C19H15IN4O2. The van der Waals surface area contributed by atoms with E-state index in [0.717, 1.165) is 31.3 Å². The molecule has 0 saturated carbocycles. The van der Waals surface area contributed by atoms with E-state index in [1.165, 1.54) is 6.33 Å². The van der Waals surface area contributed by atoms with Gasteiger partial charge in [0.1, 0.15) is 21.9 Å². The fraction of sp³-hybridized carbons (Fsp3) is 0.158. The Labute approximate surface area is 163 Å². The van der Waals surface area contributed by atoms with Crippen molar-refractivity contribution < 1.29 is 9.53 Å². The molecule has 1 unspecified atom stereocenters. The van der Waals surface area contributed by atoms with Crippen LogP contribution >= 0.6 is 22.6 Å². The van der Waals surface area contributed by atoms with Crippen LogP contribution in [0.2, 0.25) is 0 Å². The Morgan fingerprint density at radius 3 is 2.73 bits per heavy atom. The second-order valence-electron chi connectivity index (χ2n) is 5.81. The highest BCUT2D eigenvalue weighted by Gasteiger charge is 2.30. The fourth-order valence-corrected chi connectivity index (χ4v) is 4.07. The van der Waals surface area contributed by atoms with Gasteiger partial charge in [0.15, 0.2) is 0 Å². The van der Waals surface area contributed by atoms with Gasteiger partial charge in [-0.1, -0.05) is 30.3 Å². The highest BCUT2D eigenvalue weighted by Crippen LogP contribution is 2.40. The number of halogens is 1. The van der Waals surface area contributed by atoms with E-state index >= 15 is 0 Å². The third-order valence-electron chi connectivity index (χ3n) is 4.36. The summed E-state index contributed by atoms with van der Waals surface area (Å²) < 4.78 is 5.98. The summed E-state index contributed by atoms with van der Waals surface area (Å²) in [5.41, 5.74) is 9.11. The van der Waals surface area contributed by atoms with Crippen LogP contribution in [0.1, 0.15) is 40.1 Å². The second-order valence-corrected chi connectivity index (χ2v) is 6.83. The zero-order valence-electron chi connectivity index (χ0n) is 13.9. The molecule has 0 fully saturated rings. The Bertz CT molecular complexity index is 1060. The Balaban J connectivity index is 1.92. The molecule has 0 spiro atoms. The summed E-state index contributed by atoms with van der Waals surface area (Å²) in [6, 6.07) is 11.2. The number of hydrogen-bond donors (Lipinski definition) is 1. The summed E-state index contributed by atoms with van der Waals surface area (Å²) in [7, 11) is 0. The van der Waals surface area contributed by atoms with Crippen molar-refractivity contribution in [1.82, 2.24) is 9.97 Å². The molecule has 3 aromatic rings. The maximum atomic E-state index is 12.3. The normalized spacial score (nSPS) is 15.6. The van der Waals surface area contributed by atoms with E-state index in [4.69, 9.17) is 15.5 Å². The third-order valence-corrected chi connectivity index (χ3v) is 5.18. The van der Waals surface area contributed by atoms with Gasteiger partial charge in [-0.25, -0.2) is 14.8 Å². The van der Waals surface area contributed by atoms with Crippen LogP contribution in [-0.2, 0) is 4.74 Å². The summed E-state index contributed by atoms with van der Waals surface area (Å²) >= 11 is 2.16. The van der Waals surface area contributed by atoms with Gasteiger partial charge in [-0.2, -0.15) is 0 Å². The SMILES string of the molecule is CCOC(=O)c1ccc(C2N=C(I)c3c(N)ncnc32)c2ccccc12. The number of carbonyl (C=O) groups is 1. The maximum absolute atomic E-state index is 12.3. The number of nitrogens with zero attached hydrogens (tertiary/aromatic N) is 3. The first-order chi connectivity index (χ1) is 12.6. The predicted octanol–water partition coefficient (Wildman–Crippen LogP) is 3.67. The van der Waals surface area contributed by atoms with Crippen molar-refractivity contribution in [3.05, 3.63) is 65.1 Å². The van der Waals surface area contributed by atoms with Crippen molar-refractivity contribution in [3.63, 3.8) is 0 Å². The van der Waals surface area contributed by atoms with Crippen molar-refractivity contribution >= 4 is 48.9 Å². The molecule has 2 N–H and O–H groups in total. The van der Waals surface area contributed by atoms with Crippen LogP contribution in [-0.4, -0.2) is 26.3 Å². The standard InChI is InChI=1S/C19H15IN4O2/c1-2-26-19(25)13-8-7-12(10-5-3-4-6-11(10)13)15-16-14(17(20)24-15)18(21)23-9-22-16/h3-9,15H,2H2,1H3,(H2,21,22,23). The number of rotatable bonds is 3.